The van der Waals surface area contributed by atoms with Gasteiger partial charge in [0.25, 0.3) is 0 Å². The van der Waals surface area contributed by atoms with Gasteiger partial charge in [0.15, 0.2) is 0 Å². The first-order chi connectivity index (χ1) is 9.53. The number of imidazole rings is 1. The van der Waals surface area contributed by atoms with Gasteiger partial charge in [0.2, 0.25) is 10.0 Å². The number of hydrogen-bond donors (Lipinski definition) is 2. The molecule has 0 aliphatic carbocycles. The van der Waals surface area contributed by atoms with Gasteiger partial charge in [-0.3, -0.25) is 0 Å². The van der Waals surface area contributed by atoms with E-state index < -0.39 is 10.0 Å². The quantitative estimate of drug-likeness (QED) is 0.833. The molecule has 0 amide bonds. The van der Waals surface area contributed by atoms with Crippen LogP contribution in [0.15, 0.2) is 41.8 Å². The predicted octanol–water partition coefficient (Wildman–Crippen LogP) is 1.01. The van der Waals surface area contributed by atoms with Gasteiger partial charge >= 0.3 is 0 Å². The maximum Gasteiger partial charge on any atom is 0.240 e. The molecule has 0 bridgehead atoms. The molecule has 0 spiro atoms. The van der Waals surface area contributed by atoms with Gasteiger partial charge in [-0.2, -0.15) is 0 Å². The second-order valence-electron chi connectivity index (χ2n) is 4.11. The number of aromatic nitrogens is 2. The first kappa shape index (κ1) is 15.0. The van der Waals surface area contributed by atoms with Crippen LogP contribution in [0.3, 0.4) is 0 Å². The minimum absolute atomic E-state index is 0.0802. The number of hydrogen-bond acceptors (Lipinski definition) is 4. The molecule has 1 heterocycles. The minimum atomic E-state index is -3.62. The SMILES string of the molecule is O=S(=O)(NCCn1ccnc1)c1ccc(Cl)c(CO)c1. The van der Waals surface area contributed by atoms with E-state index in [1.807, 2.05) is 0 Å². The Morgan fingerprint density at radius 3 is 2.85 bits per heavy atom. The predicted molar refractivity (Wildman–Crippen MR) is 74.8 cm³/mol. The van der Waals surface area contributed by atoms with Gasteiger partial charge in [0.05, 0.1) is 17.8 Å². The summed E-state index contributed by atoms with van der Waals surface area (Å²) in [6, 6.07) is 4.22. The molecule has 1 aromatic carbocycles. The zero-order valence-electron chi connectivity index (χ0n) is 10.5. The Morgan fingerprint density at radius 2 is 2.20 bits per heavy atom. The highest BCUT2D eigenvalue weighted by atomic mass is 35.5. The average molecular weight is 316 g/mol. The number of sulfonamides is 1. The number of halogens is 1. The van der Waals surface area contributed by atoms with Crippen molar-refractivity contribution in [2.75, 3.05) is 6.54 Å². The summed E-state index contributed by atoms with van der Waals surface area (Å²) in [5, 5.41) is 9.44. The fourth-order valence-electron chi connectivity index (χ4n) is 1.65. The molecule has 8 heteroatoms. The van der Waals surface area contributed by atoms with Crippen molar-refractivity contribution in [1.29, 1.82) is 0 Å². The van der Waals surface area contributed by atoms with Gasteiger partial charge in [0, 0.05) is 30.5 Å². The van der Waals surface area contributed by atoms with Crippen molar-refractivity contribution >= 4 is 21.6 Å². The summed E-state index contributed by atoms with van der Waals surface area (Å²) in [5.41, 5.74) is 0.379. The Labute approximate surface area is 122 Å². The first-order valence-electron chi connectivity index (χ1n) is 5.87. The van der Waals surface area contributed by atoms with Gasteiger partial charge < -0.3 is 9.67 Å². The maximum absolute atomic E-state index is 12.1. The number of aliphatic hydroxyl groups excluding tert-OH is 1. The van der Waals surface area contributed by atoms with E-state index in [2.05, 4.69) is 9.71 Å². The molecule has 0 atom stereocenters. The summed E-state index contributed by atoms with van der Waals surface area (Å²) in [5.74, 6) is 0. The second kappa shape index (κ2) is 6.36. The third kappa shape index (κ3) is 3.57. The zero-order valence-corrected chi connectivity index (χ0v) is 12.1. The number of rotatable bonds is 6. The molecule has 0 aliphatic heterocycles. The molecule has 0 saturated carbocycles. The summed E-state index contributed by atoms with van der Waals surface area (Å²) in [6.07, 6.45) is 4.99. The molecular formula is C12H14ClN3O3S. The number of nitrogens with one attached hydrogen (secondary N) is 1. The largest absolute Gasteiger partial charge is 0.392 e. The maximum atomic E-state index is 12.1. The van der Waals surface area contributed by atoms with Crippen LogP contribution in [0.1, 0.15) is 5.56 Å². The zero-order chi connectivity index (χ0) is 14.6. The summed E-state index contributed by atoms with van der Waals surface area (Å²) in [4.78, 5) is 3.95. The molecule has 20 heavy (non-hydrogen) atoms. The Kier molecular flexibility index (Phi) is 4.77. The summed E-state index contributed by atoms with van der Waals surface area (Å²) in [6.45, 7) is 0.423. The van der Waals surface area contributed by atoms with Crippen molar-refractivity contribution in [2.24, 2.45) is 0 Å². The van der Waals surface area contributed by atoms with Crippen molar-refractivity contribution in [3.8, 4) is 0 Å². The molecule has 2 aromatic rings. The summed E-state index contributed by atoms with van der Waals surface area (Å²) < 4.78 is 28.4. The molecule has 0 unspecified atom stereocenters. The number of benzene rings is 1. The lowest BCUT2D eigenvalue weighted by Gasteiger charge is -2.09. The lowest BCUT2D eigenvalue weighted by atomic mass is 10.2. The van der Waals surface area contributed by atoms with Crippen LogP contribution in [0.5, 0.6) is 0 Å². The molecule has 0 aliphatic rings. The average Bonchev–Trinajstić information content (AvgIpc) is 2.92. The van der Waals surface area contributed by atoms with E-state index in [-0.39, 0.29) is 18.0 Å². The molecular weight excluding hydrogens is 302 g/mol. The lowest BCUT2D eigenvalue weighted by molar-refractivity contribution is 0.281. The van der Waals surface area contributed by atoms with E-state index in [1.54, 1.807) is 23.3 Å². The van der Waals surface area contributed by atoms with Crippen LogP contribution >= 0.6 is 11.6 Å². The van der Waals surface area contributed by atoms with E-state index in [0.717, 1.165) is 0 Å². The van der Waals surface area contributed by atoms with Crippen LogP contribution in [0, 0.1) is 0 Å². The number of nitrogens with zero attached hydrogens (tertiary/aromatic N) is 2. The van der Waals surface area contributed by atoms with Crippen molar-refractivity contribution in [1.82, 2.24) is 14.3 Å². The highest BCUT2D eigenvalue weighted by Gasteiger charge is 2.15. The van der Waals surface area contributed by atoms with E-state index in [4.69, 9.17) is 16.7 Å². The van der Waals surface area contributed by atoms with Gasteiger partial charge in [-0.25, -0.2) is 18.1 Å². The van der Waals surface area contributed by atoms with Crippen molar-refractivity contribution in [3.63, 3.8) is 0 Å². The van der Waals surface area contributed by atoms with Crippen LogP contribution < -0.4 is 4.72 Å². The van der Waals surface area contributed by atoms with Crippen LogP contribution in [0.4, 0.5) is 0 Å². The molecule has 2 N–H and O–H groups in total. The number of aliphatic hydroxyl groups is 1. The van der Waals surface area contributed by atoms with E-state index in [9.17, 15) is 8.42 Å². The molecule has 6 nitrogen and oxygen atoms in total. The van der Waals surface area contributed by atoms with Crippen LogP contribution in [0.2, 0.25) is 5.02 Å². The molecule has 0 saturated heterocycles. The van der Waals surface area contributed by atoms with Crippen LogP contribution in [-0.4, -0.2) is 29.6 Å². The molecule has 0 fully saturated rings. The van der Waals surface area contributed by atoms with E-state index >= 15 is 0 Å². The molecule has 1 aromatic heterocycles. The summed E-state index contributed by atoms with van der Waals surface area (Å²) in [7, 11) is -3.62. The van der Waals surface area contributed by atoms with Crippen LogP contribution in [-0.2, 0) is 23.2 Å². The molecule has 108 valence electrons. The summed E-state index contributed by atoms with van der Waals surface area (Å²) >= 11 is 5.83. The minimum Gasteiger partial charge on any atom is -0.392 e. The highest BCUT2D eigenvalue weighted by Crippen LogP contribution is 2.20. The Hall–Kier alpha value is -1.41. The third-order valence-corrected chi connectivity index (χ3v) is 4.55. The van der Waals surface area contributed by atoms with Crippen molar-refractivity contribution < 1.29 is 13.5 Å². The Bertz CT molecular complexity index is 671. The second-order valence-corrected chi connectivity index (χ2v) is 6.28. The van der Waals surface area contributed by atoms with E-state index in [1.165, 1.54) is 18.2 Å². The van der Waals surface area contributed by atoms with Crippen molar-refractivity contribution in [3.05, 3.63) is 47.5 Å². The van der Waals surface area contributed by atoms with Crippen molar-refractivity contribution in [2.45, 2.75) is 18.0 Å². The van der Waals surface area contributed by atoms with Gasteiger partial charge in [-0.15, -0.1) is 0 Å². The Balaban J connectivity index is 2.06. The molecule has 0 radical (unpaired) electrons. The lowest BCUT2D eigenvalue weighted by Crippen LogP contribution is -2.27. The smallest absolute Gasteiger partial charge is 0.240 e. The van der Waals surface area contributed by atoms with Gasteiger partial charge in [-0.1, -0.05) is 11.6 Å². The first-order valence-corrected chi connectivity index (χ1v) is 7.74. The fourth-order valence-corrected chi connectivity index (χ4v) is 2.90. The van der Waals surface area contributed by atoms with Gasteiger partial charge in [-0.05, 0) is 23.8 Å². The third-order valence-electron chi connectivity index (χ3n) is 2.72. The Morgan fingerprint density at radius 1 is 1.40 bits per heavy atom. The highest BCUT2D eigenvalue weighted by molar-refractivity contribution is 7.89. The molecule has 2 rings (SSSR count). The van der Waals surface area contributed by atoms with Gasteiger partial charge in [0.1, 0.15) is 0 Å². The standard InChI is InChI=1S/C12H14ClN3O3S/c13-12-2-1-11(7-10(12)8-17)20(18,19)15-4-6-16-5-3-14-9-16/h1-3,5,7,9,15,17H,4,6,8H2. The fraction of sp³-hybridized carbons (Fsp3) is 0.250. The normalized spacial score (nSPS) is 11.7. The topological polar surface area (TPSA) is 84.2 Å². The van der Waals surface area contributed by atoms with Crippen LogP contribution in [0.25, 0.3) is 0 Å². The monoisotopic (exact) mass is 315 g/mol. The van der Waals surface area contributed by atoms with E-state index in [0.29, 0.717) is 17.1 Å².